The zero-order valence-electron chi connectivity index (χ0n) is 13.3. The Morgan fingerprint density at radius 2 is 2.00 bits per heavy atom. The number of carbonyl (C=O) groups is 3. The van der Waals surface area contributed by atoms with Crippen molar-refractivity contribution in [3.8, 4) is 0 Å². The minimum atomic E-state index is -1.09. The van der Waals surface area contributed by atoms with E-state index < -0.39 is 11.0 Å². The molecule has 5 heteroatoms. The highest BCUT2D eigenvalue weighted by Crippen LogP contribution is 2.75. The molecular formula is C17H22O5. The molecular weight excluding hydrogens is 284 g/mol. The van der Waals surface area contributed by atoms with Crippen LogP contribution in [0, 0.1) is 28.6 Å². The summed E-state index contributed by atoms with van der Waals surface area (Å²) in [4.78, 5) is 37.5. The molecule has 5 nitrogen and oxygen atoms in total. The number of esters is 2. The first-order valence-electron chi connectivity index (χ1n) is 8.13. The van der Waals surface area contributed by atoms with Crippen LogP contribution >= 0.6 is 0 Å². The Labute approximate surface area is 129 Å². The summed E-state index contributed by atoms with van der Waals surface area (Å²) < 4.78 is 10.7. The van der Waals surface area contributed by atoms with Crippen LogP contribution in [0.25, 0.3) is 0 Å². The summed E-state index contributed by atoms with van der Waals surface area (Å²) in [7, 11) is 1.39. The van der Waals surface area contributed by atoms with Crippen LogP contribution in [0.2, 0.25) is 0 Å². The molecule has 22 heavy (non-hydrogen) atoms. The number of hydrogen-bond donors (Lipinski definition) is 0. The van der Waals surface area contributed by atoms with Gasteiger partial charge in [-0.15, -0.1) is 0 Å². The summed E-state index contributed by atoms with van der Waals surface area (Å²) in [6, 6.07) is 0. The van der Waals surface area contributed by atoms with Crippen LogP contribution in [0.3, 0.4) is 0 Å². The van der Waals surface area contributed by atoms with E-state index in [4.69, 9.17) is 9.47 Å². The first-order chi connectivity index (χ1) is 10.3. The summed E-state index contributed by atoms with van der Waals surface area (Å²) in [5.74, 6) is -0.583. The molecule has 0 bridgehead atoms. The Bertz CT molecular complexity index is 594. The van der Waals surface area contributed by atoms with E-state index in [0.717, 1.165) is 19.3 Å². The number of hydrogen-bond acceptors (Lipinski definition) is 5. The molecule has 1 aliphatic heterocycles. The Morgan fingerprint density at radius 3 is 2.68 bits per heavy atom. The number of ketones is 1. The number of Topliss-reactive ketones (excluding diaryl/α,β-unsaturated/α-hetero) is 1. The first-order valence-corrected chi connectivity index (χ1v) is 8.13. The number of rotatable bonds is 1. The van der Waals surface area contributed by atoms with Crippen LogP contribution in [0.15, 0.2) is 0 Å². The highest BCUT2D eigenvalue weighted by molar-refractivity contribution is 6.00. The van der Waals surface area contributed by atoms with E-state index in [1.807, 2.05) is 13.8 Å². The lowest BCUT2D eigenvalue weighted by atomic mass is 9.63. The molecule has 0 N–H and O–H groups in total. The maximum atomic E-state index is 13.2. The van der Waals surface area contributed by atoms with Crippen molar-refractivity contribution in [1.29, 1.82) is 0 Å². The largest absolute Gasteiger partial charge is 0.469 e. The molecule has 3 saturated carbocycles. The standard InChI is InChI=1S/C17H22O5/c1-15(2)8-16-9-4-5-11(16)10(13(19)21-3)7-17(16,14(15)20)22-12(18)6-9/h9-11H,4-8H2,1-3H3/t9-,10+,11+,16+,17-/m1/s1. The molecule has 0 aromatic rings. The van der Waals surface area contributed by atoms with E-state index in [9.17, 15) is 14.4 Å². The van der Waals surface area contributed by atoms with Gasteiger partial charge in [0.15, 0.2) is 11.4 Å². The van der Waals surface area contributed by atoms with Crippen LogP contribution < -0.4 is 0 Å². The third kappa shape index (κ3) is 1.30. The average molecular weight is 306 g/mol. The van der Waals surface area contributed by atoms with Crippen LogP contribution in [0.5, 0.6) is 0 Å². The Kier molecular flexibility index (Phi) is 2.54. The van der Waals surface area contributed by atoms with Crippen LogP contribution in [-0.4, -0.2) is 30.4 Å². The molecule has 1 heterocycles. The number of carbonyl (C=O) groups excluding carboxylic acids is 3. The van der Waals surface area contributed by atoms with Gasteiger partial charge in [0.05, 0.1) is 13.0 Å². The maximum Gasteiger partial charge on any atom is 0.309 e. The Morgan fingerprint density at radius 1 is 1.27 bits per heavy atom. The van der Waals surface area contributed by atoms with Gasteiger partial charge in [0, 0.05) is 23.7 Å². The van der Waals surface area contributed by atoms with Gasteiger partial charge in [-0.2, -0.15) is 0 Å². The van der Waals surface area contributed by atoms with Crippen molar-refractivity contribution in [2.24, 2.45) is 28.6 Å². The lowest BCUT2D eigenvalue weighted by Crippen LogP contribution is -2.56. The molecule has 120 valence electrons. The molecule has 4 aliphatic rings. The van der Waals surface area contributed by atoms with Gasteiger partial charge in [0.25, 0.3) is 0 Å². The Hall–Kier alpha value is -1.39. The smallest absolute Gasteiger partial charge is 0.309 e. The molecule has 0 aromatic carbocycles. The normalized spacial score (nSPS) is 47.9. The third-order valence-electron chi connectivity index (χ3n) is 6.88. The van der Waals surface area contributed by atoms with Crippen LogP contribution in [0.4, 0.5) is 0 Å². The van der Waals surface area contributed by atoms with Gasteiger partial charge in [-0.3, -0.25) is 14.4 Å². The average Bonchev–Trinajstić information content (AvgIpc) is 2.99. The van der Waals surface area contributed by atoms with Crippen molar-refractivity contribution >= 4 is 17.7 Å². The molecule has 1 saturated heterocycles. The maximum absolute atomic E-state index is 13.2. The molecule has 5 atom stereocenters. The third-order valence-corrected chi connectivity index (χ3v) is 6.88. The highest BCUT2D eigenvalue weighted by atomic mass is 16.6. The zero-order chi connectivity index (χ0) is 15.9. The van der Waals surface area contributed by atoms with Gasteiger partial charge in [0.2, 0.25) is 0 Å². The van der Waals surface area contributed by atoms with E-state index in [-0.39, 0.29) is 40.9 Å². The second-order valence-corrected chi connectivity index (χ2v) is 8.15. The summed E-state index contributed by atoms with van der Waals surface area (Å²) in [5.41, 5.74) is -1.93. The predicted molar refractivity (Wildman–Crippen MR) is 75.6 cm³/mol. The molecule has 4 fully saturated rings. The lowest BCUT2D eigenvalue weighted by Gasteiger charge is -2.46. The molecule has 0 amide bonds. The van der Waals surface area contributed by atoms with E-state index in [1.165, 1.54) is 7.11 Å². The fraction of sp³-hybridized carbons (Fsp3) is 0.824. The molecule has 0 radical (unpaired) electrons. The summed E-state index contributed by atoms with van der Waals surface area (Å²) in [6.45, 7) is 3.89. The summed E-state index contributed by atoms with van der Waals surface area (Å²) in [6.07, 6.45) is 3.20. The molecule has 0 unspecified atom stereocenters. The fourth-order valence-corrected chi connectivity index (χ4v) is 6.41. The van der Waals surface area contributed by atoms with E-state index in [2.05, 4.69) is 0 Å². The first kappa shape index (κ1) is 14.2. The molecule has 3 aliphatic carbocycles. The fourth-order valence-electron chi connectivity index (χ4n) is 6.41. The van der Waals surface area contributed by atoms with Crippen molar-refractivity contribution in [3.05, 3.63) is 0 Å². The van der Waals surface area contributed by atoms with Gasteiger partial charge >= 0.3 is 11.9 Å². The van der Waals surface area contributed by atoms with Crippen molar-refractivity contribution in [1.82, 2.24) is 0 Å². The second-order valence-electron chi connectivity index (χ2n) is 8.15. The van der Waals surface area contributed by atoms with Crippen molar-refractivity contribution in [3.63, 3.8) is 0 Å². The second kappa shape index (κ2) is 3.92. The van der Waals surface area contributed by atoms with Crippen molar-refractivity contribution in [2.45, 2.75) is 51.6 Å². The van der Waals surface area contributed by atoms with E-state index >= 15 is 0 Å². The minimum Gasteiger partial charge on any atom is -0.469 e. The molecule has 1 spiro atoms. The van der Waals surface area contributed by atoms with Gasteiger partial charge in [-0.05, 0) is 31.1 Å². The number of ether oxygens (including phenoxy) is 2. The lowest BCUT2D eigenvalue weighted by molar-refractivity contribution is -0.193. The van der Waals surface area contributed by atoms with Crippen molar-refractivity contribution in [2.75, 3.05) is 7.11 Å². The molecule has 4 rings (SSSR count). The van der Waals surface area contributed by atoms with Gasteiger partial charge in [-0.1, -0.05) is 13.8 Å². The predicted octanol–water partition coefficient (Wildman–Crippen LogP) is 1.88. The summed E-state index contributed by atoms with van der Waals surface area (Å²) >= 11 is 0. The topological polar surface area (TPSA) is 69.7 Å². The van der Waals surface area contributed by atoms with Crippen molar-refractivity contribution < 1.29 is 23.9 Å². The van der Waals surface area contributed by atoms with Gasteiger partial charge in [0.1, 0.15) is 0 Å². The summed E-state index contributed by atoms with van der Waals surface area (Å²) in [5, 5.41) is 0. The minimum absolute atomic E-state index is 0.0105. The SMILES string of the molecule is COC(=O)[C@H]1C[C@]23OC(=O)C[C@H]4CC[C@@H]1[C@]42CC(C)(C)C3=O. The molecule has 0 aromatic heterocycles. The quantitative estimate of drug-likeness (QED) is 0.692. The van der Waals surface area contributed by atoms with Gasteiger partial charge in [-0.25, -0.2) is 0 Å². The van der Waals surface area contributed by atoms with E-state index in [1.54, 1.807) is 0 Å². The zero-order valence-corrected chi connectivity index (χ0v) is 13.3. The Balaban J connectivity index is 1.91. The van der Waals surface area contributed by atoms with E-state index in [0.29, 0.717) is 12.8 Å². The monoisotopic (exact) mass is 306 g/mol. The van der Waals surface area contributed by atoms with Crippen LogP contribution in [0.1, 0.15) is 46.0 Å². The van der Waals surface area contributed by atoms with Gasteiger partial charge < -0.3 is 9.47 Å². The number of methoxy groups -OCH3 is 1. The highest BCUT2D eigenvalue weighted by Gasteiger charge is 2.82. The van der Waals surface area contributed by atoms with Crippen LogP contribution in [-0.2, 0) is 23.9 Å².